The molecule has 130 valence electrons. The van der Waals surface area contributed by atoms with Crippen molar-refractivity contribution in [3.63, 3.8) is 0 Å². The van der Waals surface area contributed by atoms with Gasteiger partial charge in [-0.05, 0) is 30.5 Å². The van der Waals surface area contributed by atoms with Gasteiger partial charge in [0.15, 0.2) is 11.5 Å². The number of hydrogen-bond acceptors (Lipinski definition) is 4. The highest BCUT2D eigenvalue weighted by Gasteiger charge is 2.39. The Bertz CT molecular complexity index is 627. The zero-order valence-corrected chi connectivity index (χ0v) is 14.2. The predicted octanol–water partition coefficient (Wildman–Crippen LogP) is 1.37. The number of carbonyl (C=O) groups is 2. The Kier molecular flexibility index (Phi) is 4.92. The summed E-state index contributed by atoms with van der Waals surface area (Å²) >= 11 is 0. The van der Waals surface area contributed by atoms with Gasteiger partial charge in [0.25, 0.3) is 0 Å². The SMILES string of the molecule is COc1ccc(CC(=O)NCC2CC(=O)N(C3CC3)C2)cc1OC. The van der Waals surface area contributed by atoms with Crippen LogP contribution in [0.3, 0.4) is 0 Å². The van der Waals surface area contributed by atoms with E-state index in [1.807, 2.05) is 17.0 Å². The van der Waals surface area contributed by atoms with Crippen molar-refractivity contribution in [2.24, 2.45) is 5.92 Å². The summed E-state index contributed by atoms with van der Waals surface area (Å²) in [6, 6.07) is 5.93. The van der Waals surface area contributed by atoms with Crippen molar-refractivity contribution < 1.29 is 19.1 Å². The maximum Gasteiger partial charge on any atom is 0.224 e. The summed E-state index contributed by atoms with van der Waals surface area (Å²) < 4.78 is 10.4. The minimum Gasteiger partial charge on any atom is -0.493 e. The van der Waals surface area contributed by atoms with E-state index in [4.69, 9.17) is 9.47 Å². The van der Waals surface area contributed by atoms with E-state index in [0.29, 0.717) is 30.5 Å². The lowest BCUT2D eigenvalue weighted by atomic mass is 10.1. The number of methoxy groups -OCH3 is 2. The van der Waals surface area contributed by atoms with Gasteiger partial charge in [0.05, 0.1) is 20.6 Å². The molecule has 3 rings (SSSR count). The summed E-state index contributed by atoms with van der Waals surface area (Å²) in [6.07, 6.45) is 3.09. The standard InChI is InChI=1S/C18H24N2O4/c1-23-15-6-3-12(7-16(15)24-2)8-17(21)19-10-13-9-18(22)20(11-13)14-4-5-14/h3,6-7,13-14H,4-5,8-11H2,1-2H3,(H,19,21). The molecule has 1 aromatic rings. The molecular weight excluding hydrogens is 308 g/mol. The zero-order chi connectivity index (χ0) is 17.1. The first-order chi connectivity index (χ1) is 11.6. The highest BCUT2D eigenvalue weighted by molar-refractivity contribution is 5.80. The smallest absolute Gasteiger partial charge is 0.224 e. The Morgan fingerprint density at radius 2 is 2.00 bits per heavy atom. The molecule has 6 nitrogen and oxygen atoms in total. The topological polar surface area (TPSA) is 67.9 Å². The Morgan fingerprint density at radius 1 is 1.25 bits per heavy atom. The van der Waals surface area contributed by atoms with Crippen molar-refractivity contribution in [2.45, 2.75) is 31.7 Å². The molecule has 2 aliphatic rings. The number of likely N-dealkylation sites (tertiary alicyclic amines) is 1. The molecule has 0 spiro atoms. The first-order valence-corrected chi connectivity index (χ1v) is 8.37. The third kappa shape index (κ3) is 3.80. The molecule has 0 aromatic heterocycles. The minimum absolute atomic E-state index is 0.0421. The number of ether oxygens (including phenoxy) is 2. The van der Waals surface area contributed by atoms with E-state index in [1.165, 1.54) is 0 Å². The van der Waals surface area contributed by atoms with E-state index in [1.54, 1.807) is 20.3 Å². The highest BCUT2D eigenvalue weighted by atomic mass is 16.5. The van der Waals surface area contributed by atoms with Gasteiger partial charge in [-0.3, -0.25) is 9.59 Å². The fourth-order valence-electron chi connectivity index (χ4n) is 3.18. The molecule has 1 aromatic carbocycles. The van der Waals surface area contributed by atoms with Crippen LogP contribution in [0.15, 0.2) is 18.2 Å². The molecule has 6 heteroatoms. The van der Waals surface area contributed by atoms with Gasteiger partial charge in [-0.15, -0.1) is 0 Å². The van der Waals surface area contributed by atoms with Crippen LogP contribution in [0, 0.1) is 5.92 Å². The quantitative estimate of drug-likeness (QED) is 0.819. The molecule has 1 N–H and O–H groups in total. The van der Waals surface area contributed by atoms with Crippen LogP contribution in [-0.4, -0.2) is 50.1 Å². The molecule has 0 radical (unpaired) electrons. The molecule has 2 fully saturated rings. The molecule has 1 aliphatic heterocycles. The highest BCUT2D eigenvalue weighted by Crippen LogP contribution is 2.32. The van der Waals surface area contributed by atoms with Gasteiger partial charge in [-0.2, -0.15) is 0 Å². The minimum atomic E-state index is -0.0421. The Morgan fingerprint density at radius 3 is 2.67 bits per heavy atom. The van der Waals surface area contributed by atoms with Crippen LogP contribution >= 0.6 is 0 Å². The van der Waals surface area contributed by atoms with Gasteiger partial charge in [-0.1, -0.05) is 6.07 Å². The van der Waals surface area contributed by atoms with Gasteiger partial charge in [0.2, 0.25) is 11.8 Å². The monoisotopic (exact) mass is 332 g/mol. The van der Waals surface area contributed by atoms with Crippen LogP contribution in [0.25, 0.3) is 0 Å². The zero-order valence-electron chi connectivity index (χ0n) is 14.2. The number of rotatable bonds is 7. The fourth-order valence-corrected chi connectivity index (χ4v) is 3.18. The van der Waals surface area contributed by atoms with Gasteiger partial charge in [-0.25, -0.2) is 0 Å². The summed E-state index contributed by atoms with van der Waals surface area (Å²) in [5, 5.41) is 2.95. The normalized spacial score (nSPS) is 20.2. The van der Waals surface area contributed by atoms with Crippen molar-refractivity contribution in [3.05, 3.63) is 23.8 Å². The average molecular weight is 332 g/mol. The summed E-state index contributed by atoms with van der Waals surface area (Å²) in [5.41, 5.74) is 0.868. The van der Waals surface area contributed by atoms with Gasteiger partial charge in [0.1, 0.15) is 0 Å². The van der Waals surface area contributed by atoms with E-state index in [0.717, 1.165) is 24.9 Å². The molecule has 0 bridgehead atoms. The van der Waals surface area contributed by atoms with Crippen LogP contribution < -0.4 is 14.8 Å². The summed E-state index contributed by atoms with van der Waals surface area (Å²) in [4.78, 5) is 26.0. The van der Waals surface area contributed by atoms with E-state index in [2.05, 4.69) is 5.32 Å². The Hall–Kier alpha value is -2.24. The van der Waals surface area contributed by atoms with Crippen molar-refractivity contribution in [3.8, 4) is 11.5 Å². The molecule has 24 heavy (non-hydrogen) atoms. The van der Waals surface area contributed by atoms with Crippen molar-refractivity contribution in [2.75, 3.05) is 27.3 Å². The van der Waals surface area contributed by atoms with E-state index in [-0.39, 0.29) is 24.2 Å². The Balaban J connectivity index is 1.48. The summed E-state index contributed by atoms with van der Waals surface area (Å²) in [7, 11) is 3.16. The molecule has 1 saturated carbocycles. The van der Waals surface area contributed by atoms with Gasteiger partial charge >= 0.3 is 0 Å². The summed E-state index contributed by atoms with van der Waals surface area (Å²) in [5.74, 6) is 1.68. The number of nitrogens with one attached hydrogen (secondary N) is 1. The molecule has 1 aliphatic carbocycles. The van der Waals surface area contributed by atoms with Crippen LogP contribution in [0.2, 0.25) is 0 Å². The van der Waals surface area contributed by atoms with Crippen molar-refractivity contribution in [1.29, 1.82) is 0 Å². The third-order valence-corrected chi connectivity index (χ3v) is 4.63. The lowest BCUT2D eigenvalue weighted by molar-refractivity contribution is -0.128. The number of benzene rings is 1. The predicted molar refractivity (Wildman–Crippen MR) is 89.1 cm³/mol. The van der Waals surface area contributed by atoms with Crippen molar-refractivity contribution in [1.82, 2.24) is 10.2 Å². The largest absolute Gasteiger partial charge is 0.493 e. The molecule has 2 amide bonds. The lowest BCUT2D eigenvalue weighted by Gasteiger charge is -2.15. The van der Waals surface area contributed by atoms with E-state index < -0.39 is 0 Å². The van der Waals surface area contributed by atoms with Crippen LogP contribution in [0.4, 0.5) is 0 Å². The van der Waals surface area contributed by atoms with Gasteiger partial charge in [0, 0.05) is 31.5 Å². The Labute approximate surface area is 142 Å². The van der Waals surface area contributed by atoms with E-state index in [9.17, 15) is 9.59 Å². The molecule has 1 heterocycles. The van der Waals surface area contributed by atoms with E-state index >= 15 is 0 Å². The second-order valence-electron chi connectivity index (χ2n) is 6.52. The summed E-state index contributed by atoms with van der Waals surface area (Å²) in [6.45, 7) is 1.33. The number of hydrogen-bond donors (Lipinski definition) is 1. The maximum absolute atomic E-state index is 12.2. The second-order valence-corrected chi connectivity index (χ2v) is 6.52. The van der Waals surface area contributed by atoms with Crippen LogP contribution in [0.5, 0.6) is 11.5 Å². The number of amides is 2. The average Bonchev–Trinajstić information content (AvgIpc) is 3.35. The first-order valence-electron chi connectivity index (χ1n) is 8.37. The third-order valence-electron chi connectivity index (χ3n) is 4.63. The van der Waals surface area contributed by atoms with Crippen molar-refractivity contribution >= 4 is 11.8 Å². The molecule has 1 saturated heterocycles. The second kappa shape index (κ2) is 7.11. The van der Waals surface area contributed by atoms with Crippen LogP contribution in [-0.2, 0) is 16.0 Å². The molecular formula is C18H24N2O4. The number of carbonyl (C=O) groups excluding carboxylic acids is 2. The van der Waals surface area contributed by atoms with Gasteiger partial charge < -0.3 is 19.7 Å². The van der Waals surface area contributed by atoms with Crippen LogP contribution in [0.1, 0.15) is 24.8 Å². The fraction of sp³-hybridized carbons (Fsp3) is 0.556. The molecule has 1 unspecified atom stereocenters. The first kappa shape index (κ1) is 16.6. The number of nitrogens with zero attached hydrogens (tertiary/aromatic N) is 1. The molecule has 1 atom stereocenters. The lowest BCUT2D eigenvalue weighted by Crippen LogP contribution is -2.32. The maximum atomic E-state index is 12.2.